The lowest BCUT2D eigenvalue weighted by Gasteiger charge is -2.30. The van der Waals surface area contributed by atoms with Gasteiger partial charge in [0.25, 0.3) is 0 Å². The van der Waals surface area contributed by atoms with Crippen LogP contribution in [-0.4, -0.2) is 36.2 Å². The van der Waals surface area contributed by atoms with Gasteiger partial charge in [0.05, 0.1) is 6.04 Å². The first-order valence-corrected chi connectivity index (χ1v) is 7.18. The van der Waals surface area contributed by atoms with E-state index in [1.807, 2.05) is 20.8 Å². The zero-order valence-electron chi connectivity index (χ0n) is 13.2. The molecule has 1 heterocycles. The molecule has 1 aliphatic rings. The maximum Gasteiger partial charge on any atom is 0.405 e. The summed E-state index contributed by atoms with van der Waals surface area (Å²) >= 11 is 0. The molecule has 0 aliphatic carbocycles. The number of benzene rings is 1. The lowest BCUT2D eigenvalue weighted by Crippen LogP contribution is -2.38. The van der Waals surface area contributed by atoms with Crippen LogP contribution < -0.4 is 14.8 Å². The molecule has 22 heavy (non-hydrogen) atoms. The monoisotopic (exact) mass is 307 g/mol. The maximum atomic E-state index is 12.6. The predicted molar refractivity (Wildman–Crippen MR) is 81.1 cm³/mol. The van der Waals surface area contributed by atoms with Gasteiger partial charge in [-0.3, -0.25) is 4.79 Å². The van der Waals surface area contributed by atoms with Gasteiger partial charge in [0.1, 0.15) is 13.2 Å². The van der Waals surface area contributed by atoms with Crippen LogP contribution in [0.1, 0.15) is 43.6 Å². The van der Waals surface area contributed by atoms with Crippen molar-refractivity contribution >= 4 is 11.9 Å². The lowest BCUT2D eigenvalue weighted by atomic mass is 9.80. The minimum atomic E-state index is -1.23. The third-order valence-electron chi connectivity index (χ3n) is 3.46. The van der Waals surface area contributed by atoms with Gasteiger partial charge in [0.2, 0.25) is 0 Å². The van der Waals surface area contributed by atoms with Crippen molar-refractivity contribution < 1.29 is 24.2 Å². The molecule has 120 valence electrons. The highest BCUT2D eigenvalue weighted by Gasteiger charge is 2.31. The molecule has 0 saturated heterocycles. The summed E-state index contributed by atoms with van der Waals surface area (Å²) in [5.74, 6) is 0.906. The van der Waals surface area contributed by atoms with E-state index in [1.165, 1.54) is 6.92 Å². The van der Waals surface area contributed by atoms with Gasteiger partial charge in [-0.15, -0.1) is 0 Å². The summed E-state index contributed by atoms with van der Waals surface area (Å²) in [6.07, 6.45) is -1.23. The van der Waals surface area contributed by atoms with Gasteiger partial charge < -0.3 is 19.9 Å². The first-order chi connectivity index (χ1) is 10.2. The molecule has 6 heteroatoms. The number of Topliss-reactive ketones (excluding diaryl/α,β-unsaturated/α-hetero) is 1. The highest BCUT2D eigenvalue weighted by Crippen LogP contribution is 2.42. The summed E-state index contributed by atoms with van der Waals surface area (Å²) < 4.78 is 11.3. The van der Waals surface area contributed by atoms with Crippen molar-refractivity contribution in [2.24, 2.45) is 0 Å². The van der Waals surface area contributed by atoms with Crippen molar-refractivity contribution in [3.05, 3.63) is 23.3 Å². The van der Waals surface area contributed by atoms with Gasteiger partial charge in [-0.05, 0) is 24.5 Å². The minimum Gasteiger partial charge on any atom is -0.486 e. The van der Waals surface area contributed by atoms with Crippen molar-refractivity contribution in [3.8, 4) is 11.5 Å². The average Bonchev–Trinajstić information content (AvgIpc) is 2.43. The van der Waals surface area contributed by atoms with E-state index in [2.05, 4.69) is 5.32 Å². The Morgan fingerprint density at radius 1 is 1.23 bits per heavy atom. The summed E-state index contributed by atoms with van der Waals surface area (Å²) in [5.41, 5.74) is 0.853. The molecule has 1 amide bonds. The van der Waals surface area contributed by atoms with E-state index in [9.17, 15) is 9.59 Å². The van der Waals surface area contributed by atoms with Gasteiger partial charge >= 0.3 is 6.09 Å². The second-order valence-electron chi connectivity index (χ2n) is 6.30. The highest BCUT2D eigenvalue weighted by atomic mass is 16.6. The Hall–Kier alpha value is -2.24. The molecule has 2 N–H and O–H groups in total. The van der Waals surface area contributed by atoms with Crippen LogP contribution in [0.15, 0.2) is 12.1 Å². The predicted octanol–water partition coefficient (Wildman–Crippen LogP) is 2.59. The summed E-state index contributed by atoms with van der Waals surface area (Å²) in [4.78, 5) is 23.4. The Morgan fingerprint density at radius 2 is 1.86 bits per heavy atom. The third kappa shape index (κ3) is 3.16. The maximum absolute atomic E-state index is 12.6. The normalized spacial score (nSPS) is 15.1. The van der Waals surface area contributed by atoms with Crippen LogP contribution in [0.25, 0.3) is 0 Å². The van der Waals surface area contributed by atoms with Gasteiger partial charge in [-0.2, -0.15) is 0 Å². The van der Waals surface area contributed by atoms with Crippen LogP contribution in [0.3, 0.4) is 0 Å². The smallest absolute Gasteiger partial charge is 0.405 e. The Labute approximate surface area is 129 Å². The van der Waals surface area contributed by atoms with Crippen LogP contribution in [-0.2, 0) is 5.41 Å². The summed E-state index contributed by atoms with van der Waals surface area (Å²) in [6, 6.07) is 2.54. The topological polar surface area (TPSA) is 84.9 Å². The molecular formula is C16H21NO5. The molecule has 0 aromatic heterocycles. The summed E-state index contributed by atoms with van der Waals surface area (Å²) in [5, 5.41) is 11.0. The first kappa shape index (κ1) is 16.1. The fraction of sp³-hybridized carbons (Fsp3) is 0.500. The fourth-order valence-corrected chi connectivity index (χ4v) is 2.55. The van der Waals surface area contributed by atoms with E-state index < -0.39 is 12.1 Å². The standard InChI is InChI=1S/C16H21NO5/c1-9(17-15(19)20)13(18)10-5-6-11-14(22-8-7-21-11)12(10)16(2,3)4/h5-6,9,17H,7-8H2,1-4H3,(H,19,20). The van der Waals surface area contributed by atoms with Crippen LogP contribution in [0.2, 0.25) is 0 Å². The van der Waals surface area contributed by atoms with E-state index in [0.717, 1.165) is 5.56 Å². The number of hydrogen-bond donors (Lipinski definition) is 2. The molecule has 1 aliphatic heterocycles. The molecular weight excluding hydrogens is 286 g/mol. The minimum absolute atomic E-state index is 0.288. The molecule has 0 bridgehead atoms. The Morgan fingerprint density at radius 3 is 2.45 bits per heavy atom. The van der Waals surface area contributed by atoms with Gasteiger partial charge in [-0.1, -0.05) is 20.8 Å². The number of nitrogens with one attached hydrogen (secondary N) is 1. The first-order valence-electron chi connectivity index (χ1n) is 7.18. The molecule has 6 nitrogen and oxygen atoms in total. The largest absolute Gasteiger partial charge is 0.486 e. The number of hydrogen-bond acceptors (Lipinski definition) is 4. The Bertz CT molecular complexity index is 603. The number of ether oxygens (including phenoxy) is 2. The Kier molecular flexibility index (Phi) is 4.30. The van der Waals surface area contributed by atoms with E-state index in [0.29, 0.717) is 30.3 Å². The molecule has 0 spiro atoms. The highest BCUT2D eigenvalue weighted by molar-refractivity contribution is 6.03. The molecule has 1 aromatic rings. The fourth-order valence-electron chi connectivity index (χ4n) is 2.55. The van der Waals surface area contributed by atoms with Crippen molar-refractivity contribution in [1.29, 1.82) is 0 Å². The molecule has 1 aromatic carbocycles. The van der Waals surface area contributed by atoms with E-state index >= 15 is 0 Å². The number of fused-ring (bicyclic) bond motifs is 1. The van der Waals surface area contributed by atoms with Gasteiger partial charge in [-0.25, -0.2) is 4.79 Å². The molecule has 0 radical (unpaired) electrons. The van der Waals surface area contributed by atoms with Crippen LogP contribution in [0.5, 0.6) is 11.5 Å². The van der Waals surface area contributed by atoms with Crippen LogP contribution >= 0.6 is 0 Å². The van der Waals surface area contributed by atoms with E-state index in [4.69, 9.17) is 14.6 Å². The third-order valence-corrected chi connectivity index (χ3v) is 3.46. The summed E-state index contributed by atoms with van der Waals surface area (Å²) in [6.45, 7) is 8.36. The molecule has 1 atom stereocenters. The number of carboxylic acid groups (broad SMARTS) is 1. The molecule has 0 saturated carbocycles. The number of rotatable bonds is 3. The SMILES string of the molecule is CC(NC(=O)O)C(=O)c1ccc2c(c1C(C)(C)C)OCCO2. The average molecular weight is 307 g/mol. The van der Waals surface area contributed by atoms with Crippen molar-refractivity contribution in [2.45, 2.75) is 39.2 Å². The van der Waals surface area contributed by atoms with Gasteiger partial charge in [0.15, 0.2) is 17.3 Å². The number of carbonyl (C=O) groups is 2. The quantitative estimate of drug-likeness (QED) is 0.838. The van der Waals surface area contributed by atoms with Crippen LogP contribution in [0, 0.1) is 0 Å². The summed E-state index contributed by atoms with van der Waals surface area (Å²) in [7, 11) is 0. The number of carbonyl (C=O) groups excluding carboxylic acids is 1. The number of amides is 1. The second kappa shape index (κ2) is 5.87. The molecule has 1 unspecified atom stereocenters. The van der Waals surface area contributed by atoms with Crippen LogP contribution in [0.4, 0.5) is 4.79 Å². The van der Waals surface area contributed by atoms with E-state index in [1.54, 1.807) is 12.1 Å². The van der Waals surface area contributed by atoms with Crippen molar-refractivity contribution in [3.63, 3.8) is 0 Å². The number of ketones is 1. The van der Waals surface area contributed by atoms with Crippen molar-refractivity contribution in [2.75, 3.05) is 13.2 Å². The Balaban J connectivity index is 2.52. The molecule has 2 rings (SSSR count). The van der Waals surface area contributed by atoms with Crippen molar-refractivity contribution in [1.82, 2.24) is 5.32 Å². The molecule has 0 fully saturated rings. The lowest BCUT2D eigenvalue weighted by molar-refractivity contribution is 0.0941. The van der Waals surface area contributed by atoms with E-state index in [-0.39, 0.29) is 11.2 Å². The zero-order valence-corrected chi connectivity index (χ0v) is 13.2. The second-order valence-corrected chi connectivity index (χ2v) is 6.30. The van der Waals surface area contributed by atoms with Gasteiger partial charge in [0, 0.05) is 11.1 Å². The zero-order chi connectivity index (χ0) is 16.5.